The predicted molar refractivity (Wildman–Crippen MR) is 85.7 cm³/mol. The Morgan fingerprint density at radius 3 is 2.80 bits per heavy atom. The second-order valence-corrected chi connectivity index (χ2v) is 6.93. The summed E-state index contributed by atoms with van der Waals surface area (Å²) in [6.45, 7) is 8.36. The average molecular weight is 291 g/mol. The van der Waals surface area contributed by atoms with Gasteiger partial charge in [-0.05, 0) is 43.8 Å². The van der Waals surface area contributed by atoms with E-state index in [0.29, 0.717) is 6.42 Å². The molecule has 0 aromatic carbocycles. The molecule has 1 aliphatic rings. The van der Waals surface area contributed by atoms with Crippen LogP contribution in [0.25, 0.3) is 0 Å². The molecule has 3 heteroatoms. The molecule has 1 saturated heterocycles. The Morgan fingerprint density at radius 2 is 2.15 bits per heavy atom. The Labute approximate surface area is 126 Å². The monoisotopic (exact) mass is 291 g/mol. The molecular weight excluding hydrogens is 266 g/mol. The number of thiophene rings is 1. The van der Waals surface area contributed by atoms with E-state index in [1.54, 1.807) is 11.3 Å². The molecule has 0 spiro atoms. The van der Waals surface area contributed by atoms with Crippen molar-refractivity contribution in [2.45, 2.75) is 39.7 Å². The lowest BCUT2D eigenvalue weighted by atomic mass is 9.87. The molecule has 1 aromatic heterocycles. The summed E-state index contributed by atoms with van der Waals surface area (Å²) in [5.74, 6) is 7.82. The van der Waals surface area contributed by atoms with Crippen LogP contribution < -0.4 is 0 Å². The van der Waals surface area contributed by atoms with Gasteiger partial charge >= 0.3 is 0 Å². The van der Waals surface area contributed by atoms with Crippen LogP contribution in [0.3, 0.4) is 0 Å². The first-order valence-electron chi connectivity index (χ1n) is 7.58. The van der Waals surface area contributed by atoms with Gasteiger partial charge in [0.1, 0.15) is 0 Å². The molecule has 1 fully saturated rings. The molecule has 20 heavy (non-hydrogen) atoms. The van der Waals surface area contributed by atoms with Crippen LogP contribution in [0.2, 0.25) is 0 Å². The Hall–Kier alpha value is -0.820. The molecule has 0 unspecified atom stereocenters. The molecule has 1 aliphatic heterocycles. The summed E-state index contributed by atoms with van der Waals surface area (Å²) < 4.78 is 0. The second kappa shape index (κ2) is 7.83. The summed E-state index contributed by atoms with van der Waals surface area (Å²) in [5.41, 5.74) is 1.09. The van der Waals surface area contributed by atoms with Gasteiger partial charge in [0.25, 0.3) is 0 Å². The van der Waals surface area contributed by atoms with Crippen molar-refractivity contribution < 1.29 is 5.11 Å². The largest absolute Gasteiger partial charge is 0.395 e. The third-order valence-corrected chi connectivity index (χ3v) is 5.00. The smallest absolute Gasteiger partial charge is 0.0540 e. The molecule has 0 amide bonds. The molecule has 1 aromatic rings. The summed E-state index contributed by atoms with van der Waals surface area (Å²) >= 11 is 1.80. The Bertz CT molecular complexity index is 461. The summed E-state index contributed by atoms with van der Waals surface area (Å²) in [4.78, 5) is 3.97. The number of hydrogen-bond acceptors (Lipinski definition) is 3. The molecule has 0 saturated carbocycles. The van der Waals surface area contributed by atoms with Crippen LogP contribution in [0.4, 0.5) is 0 Å². The van der Waals surface area contributed by atoms with Crippen LogP contribution >= 0.6 is 11.3 Å². The van der Waals surface area contributed by atoms with Gasteiger partial charge in [-0.1, -0.05) is 25.7 Å². The predicted octanol–water partition coefficient (Wildman–Crippen LogP) is 3.35. The topological polar surface area (TPSA) is 23.5 Å². The molecule has 1 N–H and O–H groups in total. The van der Waals surface area contributed by atoms with Gasteiger partial charge in [0.2, 0.25) is 0 Å². The minimum atomic E-state index is 0.148. The van der Waals surface area contributed by atoms with E-state index in [1.807, 2.05) is 0 Å². The van der Waals surface area contributed by atoms with Gasteiger partial charge in [0, 0.05) is 28.8 Å². The van der Waals surface area contributed by atoms with Crippen molar-refractivity contribution in [2.24, 2.45) is 11.8 Å². The summed E-state index contributed by atoms with van der Waals surface area (Å²) in [7, 11) is 0. The van der Waals surface area contributed by atoms with Crippen LogP contribution in [0.5, 0.6) is 0 Å². The van der Waals surface area contributed by atoms with Crippen molar-refractivity contribution in [2.75, 3.05) is 19.7 Å². The number of aliphatic hydroxyl groups excluding tert-OH is 1. The summed E-state index contributed by atoms with van der Waals surface area (Å²) in [5, 5.41) is 10.8. The van der Waals surface area contributed by atoms with E-state index in [2.05, 4.69) is 42.0 Å². The number of rotatable bonds is 4. The highest BCUT2D eigenvalue weighted by Crippen LogP contribution is 2.26. The minimum Gasteiger partial charge on any atom is -0.395 e. The van der Waals surface area contributed by atoms with Gasteiger partial charge in [-0.15, -0.1) is 11.3 Å². The first-order chi connectivity index (χ1) is 9.69. The van der Waals surface area contributed by atoms with E-state index < -0.39 is 0 Å². The molecule has 2 rings (SSSR count). The number of hydrogen-bond donors (Lipinski definition) is 1. The molecule has 0 aliphatic carbocycles. The van der Waals surface area contributed by atoms with Crippen LogP contribution in [0, 0.1) is 23.7 Å². The second-order valence-electron chi connectivity index (χ2n) is 5.93. The van der Waals surface area contributed by atoms with Crippen molar-refractivity contribution in [1.82, 2.24) is 4.90 Å². The van der Waals surface area contributed by atoms with E-state index in [-0.39, 0.29) is 6.61 Å². The van der Waals surface area contributed by atoms with E-state index in [0.717, 1.165) is 23.9 Å². The third kappa shape index (κ3) is 4.63. The Morgan fingerprint density at radius 1 is 1.40 bits per heavy atom. The molecule has 0 atom stereocenters. The standard InChI is InChI=1S/C17H25NOS/c1-14(2)16-6-8-18(9-7-16)12-17-11-15(13-20-17)5-3-4-10-19/h11,13-14,16,19H,4,6-10,12H2,1-2H3. The highest BCUT2D eigenvalue weighted by molar-refractivity contribution is 7.10. The van der Waals surface area contributed by atoms with Crippen LogP contribution in [-0.4, -0.2) is 29.7 Å². The molecule has 0 bridgehead atoms. The normalized spacial score (nSPS) is 17.2. The van der Waals surface area contributed by atoms with Gasteiger partial charge in [0.15, 0.2) is 0 Å². The van der Waals surface area contributed by atoms with Gasteiger partial charge in [-0.3, -0.25) is 4.90 Å². The minimum absolute atomic E-state index is 0.148. The lowest BCUT2D eigenvalue weighted by molar-refractivity contribution is 0.153. The summed E-state index contributed by atoms with van der Waals surface area (Å²) in [6, 6.07) is 2.20. The number of likely N-dealkylation sites (tertiary alicyclic amines) is 1. The van der Waals surface area contributed by atoms with E-state index in [4.69, 9.17) is 5.11 Å². The Kier molecular flexibility index (Phi) is 6.09. The van der Waals surface area contributed by atoms with Gasteiger partial charge in [-0.25, -0.2) is 0 Å². The maximum atomic E-state index is 8.72. The highest BCUT2D eigenvalue weighted by atomic mass is 32.1. The molecular formula is C17H25NOS. The molecule has 110 valence electrons. The van der Waals surface area contributed by atoms with Gasteiger partial charge in [-0.2, -0.15) is 0 Å². The molecule has 2 heterocycles. The molecule has 2 nitrogen and oxygen atoms in total. The quantitative estimate of drug-likeness (QED) is 0.860. The van der Waals surface area contributed by atoms with Crippen LogP contribution in [0.15, 0.2) is 11.4 Å². The zero-order valence-corrected chi connectivity index (χ0v) is 13.4. The van der Waals surface area contributed by atoms with E-state index in [9.17, 15) is 0 Å². The molecule has 0 radical (unpaired) electrons. The fourth-order valence-electron chi connectivity index (χ4n) is 2.75. The van der Waals surface area contributed by atoms with E-state index >= 15 is 0 Å². The van der Waals surface area contributed by atoms with Crippen molar-refractivity contribution in [3.63, 3.8) is 0 Å². The van der Waals surface area contributed by atoms with E-state index in [1.165, 1.54) is 30.8 Å². The van der Waals surface area contributed by atoms with Crippen molar-refractivity contribution >= 4 is 11.3 Å². The number of piperidine rings is 1. The SMILES string of the molecule is CC(C)C1CCN(Cc2cc(C#CCCO)cs2)CC1. The maximum absolute atomic E-state index is 8.72. The average Bonchev–Trinajstić information content (AvgIpc) is 2.87. The Balaban J connectivity index is 1.82. The third-order valence-electron chi connectivity index (χ3n) is 4.08. The van der Waals surface area contributed by atoms with Crippen molar-refractivity contribution in [3.05, 3.63) is 21.9 Å². The first kappa shape index (κ1) is 15.6. The van der Waals surface area contributed by atoms with Gasteiger partial charge in [0.05, 0.1) is 6.61 Å². The lowest BCUT2D eigenvalue weighted by Gasteiger charge is -2.33. The summed E-state index contributed by atoms with van der Waals surface area (Å²) in [6.07, 6.45) is 3.24. The maximum Gasteiger partial charge on any atom is 0.0540 e. The highest BCUT2D eigenvalue weighted by Gasteiger charge is 2.21. The fraction of sp³-hybridized carbons (Fsp3) is 0.647. The van der Waals surface area contributed by atoms with Crippen LogP contribution in [-0.2, 0) is 6.54 Å². The first-order valence-corrected chi connectivity index (χ1v) is 8.46. The zero-order valence-electron chi connectivity index (χ0n) is 12.6. The lowest BCUT2D eigenvalue weighted by Crippen LogP contribution is -2.34. The van der Waals surface area contributed by atoms with Gasteiger partial charge < -0.3 is 5.11 Å². The van der Waals surface area contributed by atoms with Crippen molar-refractivity contribution in [3.8, 4) is 11.8 Å². The van der Waals surface area contributed by atoms with Crippen LogP contribution in [0.1, 0.15) is 43.6 Å². The zero-order chi connectivity index (χ0) is 14.4. The van der Waals surface area contributed by atoms with Crippen molar-refractivity contribution in [1.29, 1.82) is 0 Å². The number of nitrogens with zero attached hydrogens (tertiary/aromatic N) is 1. The fourth-order valence-corrected chi connectivity index (χ4v) is 3.61. The number of aliphatic hydroxyl groups is 1.